The summed E-state index contributed by atoms with van der Waals surface area (Å²) in [6.07, 6.45) is 6.47. The number of rotatable bonds is 11. The van der Waals surface area contributed by atoms with Crippen LogP contribution in [0.4, 0.5) is 4.39 Å². The van der Waals surface area contributed by atoms with Crippen LogP contribution in [0.25, 0.3) is 0 Å². The molecule has 1 aromatic heterocycles. The Morgan fingerprint density at radius 1 is 0.970 bits per heavy atom. The van der Waals surface area contributed by atoms with Crippen molar-refractivity contribution < 1.29 is 9.13 Å². The zero-order chi connectivity index (χ0) is 24.1. The van der Waals surface area contributed by atoms with Crippen LogP contribution in [-0.2, 0) is 16.8 Å². The second kappa shape index (κ2) is 10.7. The minimum absolute atomic E-state index is 0.0446. The van der Waals surface area contributed by atoms with Crippen molar-refractivity contribution in [1.82, 2.24) is 51.8 Å². The molecule has 0 radical (unpaired) electrons. The van der Waals surface area contributed by atoms with E-state index in [1.807, 2.05) is 17.1 Å². The van der Waals surface area contributed by atoms with Gasteiger partial charge in [0.15, 0.2) is 0 Å². The van der Waals surface area contributed by atoms with Gasteiger partial charge in [-0.2, -0.15) is 0 Å². The number of nitrogens with zero attached hydrogens (tertiary/aromatic N) is 6. The lowest BCUT2D eigenvalue weighted by Crippen LogP contribution is -2.47. The van der Waals surface area contributed by atoms with Crippen molar-refractivity contribution in [2.75, 3.05) is 33.1 Å². The van der Waals surface area contributed by atoms with E-state index in [1.54, 1.807) is 5.01 Å². The molecule has 2 aliphatic heterocycles. The third-order valence-electron chi connectivity index (χ3n) is 5.07. The number of aromatic nitrogens is 3. The van der Waals surface area contributed by atoms with Gasteiger partial charge in [-0.1, -0.05) is 5.21 Å². The molecule has 3 heterocycles. The van der Waals surface area contributed by atoms with Crippen molar-refractivity contribution in [3.8, 4) is 0 Å². The molecule has 0 fully saturated rings. The van der Waals surface area contributed by atoms with Crippen molar-refractivity contribution in [3.63, 3.8) is 0 Å². The number of alkyl halides is 1. The first kappa shape index (κ1) is 25.2. The fraction of sp³-hybridized carbons (Fsp3) is 0.714. The highest BCUT2D eigenvalue weighted by Crippen LogP contribution is 2.17. The zero-order valence-electron chi connectivity index (χ0n) is 20.7. The summed E-state index contributed by atoms with van der Waals surface area (Å²) in [6, 6.07) is 0. The molecule has 0 atom stereocenters. The Kier molecular flexibility index (Phi) is 8.16. The van der Waals surface area contributed by atoms with Crippen molar-refractivity contribution in [2.24, 2.45) is 0 Å². The number of hydrogen-bond donors (Lipinski definition) is 4. The maximum Gasteiger partial charge on any atom is 0.134 e. The van der Waals surface area contributed by atoms with Crippen molar-refractivity contribution in [1.29, 1.82) is 0 Å². The molecule has 186 valence electrons. The van der Waals surface area contributed by atoms with Crippen LogP contribution in [-0.4, -0.2) is 68.6 Å². The number of hydrazine groups is 4. The number of halogens is 1. The van der Waals surface area contributed by atoms with Gasteiger partial charge in [-0.3, -0.25) is 19.3 Å². The number of nitrogens with one attached hydrogen (secondary N) is 4. The number of ether oxygens (including phenoxy) is 1. The molecule has 0 spiro atoms. The van der Waals surface area contributed by atoms with E-state index >= 15 is 0 Å². The van der Waals surface area contributed by atoms with E-state index in [-0.39, 0.29) is 17.8 Å². The molecule has 33 heavy (non-hydrogen) atoms. The molecule has 0 aromatic carbocycles. The molecule has 0 saturated carbocycles. The van der Waals surface area contributed by atoms with Crippen molar-refractivity contribution in [3.05, 3.63) is 35.7 Å². The highest BCUT2D eigenvalue weighted by Gasteiger charge is 2.25. The highest BCUT2D eigenvalue weighted by atomic mass is 19.1. The lowest BCUT2D eigenvalue weighted by molar-refractivity contribution is 0.0268. The molecule has 12 heteroatoms. The first-order valence-corrected chi connectivity index (χ1v) is 11.3. The van der Waals surface area contributed by atoms with Crippen LogP contribution in [0.2, 0.25) is 0 Å². The normalized spacial score (nSPS) is 16.8. The van der Waals surface area contributed by atoms with Gasteiger partial charge in [-0.15, -0.1) is 16.2 Å². The Labute approximate surface area is 195 Å². The molecule has 0 unspecified atom stereocenters. The van der Waals surface area contributed by atoms with Gasteiger partial charge < -0.3 is 15.6 Å². The van der Waals surface area contributed by atoms with Crippen molar-refractivity contribution >= 4 is 0 Å². The molecule has 2 aliphatic rings. The van der Waals surface area contributed by atoms with E-state index in [4.69, 9.17) is 4.74 Å². The fourth-order valence-electron chi connectivity index (χ4n) is 3.24. The van der Waals surface area contributed by atoms with Gasteiger partial charge in [0, 0.05) is 37.6 Å². The van der Waals surface area contributed by atoms with E-state index in [2.05, 4.69) is 89.9 Å². The Bertz CT molecular complexity index is 826. The number of hydrogen-bond acceptors (Lipinski definition) is 10. The van der Waals surface area contributed by atoms with Crippen LogP contribution in [0, 0.1) is 0 Å². The predicted octanol–water partition coefficient (Wildman–Crippen LogP) is 1.30. The van der Waals surface area contributed by atoms with Crippen molar-refractivity contribution in [2.45, 2.75) is 65.6 Å². The summed E-state index contributed by atoms with van der Waals surface area (Å²) in [6.45, 7) is 15.1. The zero-order valence-corrected chi connectivity index (χ0v) is 20.7. The standard InChI is InChI=1S/C21H39FN10O/c1-20(2,3)31-14-18(24-27-31)11-29(12-19-15-32(28-25-19)21(4,5)6)10-17-13-30(26-23-17)16-33-9-7-8-22/h13-15,23-24,26-27H,7-12,16H2,1-6H3. The van der Waals surface area contributed by atoms with Crippen LogP contribution in [0.5, 0.6) is 0 Å². The van der Waals surface area contributed by atoms with Crippen LogP contribution in [0.15, 0.2) is 30.0 Å². The van der Waals surface area contributed by atoms with Gasteiger partial charge >= 0.3 is 0 Å². The molecule has 4 N–H and O–H groups in total. The predicted molar refractivity (Wildman–Crippen MR) is 124 cm³/mol. The van der Waals surface area contributed by atoms with Gasteiger partial charge in [-0.05, 0) is 48.0 Å². The molecule has 1 aromatic rings. The average Bonchev–Trinajstić information content (AvgIpc) is 3.45. The highest BCUT2D eigenvalue weighted by molar-refractivity contribution is 5.10. The Morgan fingerprint density at radius 2 is 1.67 bits per heavy atom. The van der Waals surface area contributed by atoms with E-state index in [0.717, 1.165) is 17.1 Å². The second-order valence-corrected chi connectivity index (χ2v) is 10.3. The molecular weight excluding hydrogens is 427 g/mol. The van der Waals surface area contributed by atoms with Gasteiger partial charge in [-0.25, -0.2) is 4.68 Å². The van der Waals surface area contributed by atoms with Gasteiger partial charge in [0.05, 0.1) is 42.1 Å². The summed E-state index contributed by atoms with van der Waals surface area (Å²) >= 11 is 0. The SMILES string of the molecule is CC(C)(C)N1C=C(CN(CC2=CN(COCCCF)NN2)Cc2cn(C(C)(C)C)nn2)NN1. The molecule has 0 saturated heterocycles. The summed E-state index contributed by atoms with van der Waals surface area (Å²) in [5.74, 6) is 0. The Morgan fingerprint density at radius 3 is 2.27 bits per heavy atom. The Hall–Kier alpha value is -2.41. The van der Waals surface area contributed by atoms with E-state index in [1.165, 1.54) is 0 Å². The Balaban J connectivity index is 1.66. The third kappa shape index (κ3) is 7.56. The van der Waals surface area contributed by atoms with E-state index in [9.17, 15) is 4.39 Å². The maximum absolute atomic E-state index is 12.2. The van der Waals surface area contributed by atoms with Crippen LogP contribution < -0.4 is 21.9 Å². The summed E-state index contributed by atoms with van der Waals surface area (Å²) in [7, 11) is 0. The third-order valence-corrected chi connectivity index (χ3v) is 5.07. The van der Waals surface area contributed by atoms with Crippen LogP contribution in [0.1, 0.15) is 53.7 Å². The molecule has 0 bridgehead atoms. The second-order valence-electron chi connectivity index (χ2n) is 10.3. The summed E-state index contributed by atoms with van der Waals surface area (Å²) in [4.78, 5) is 2.28. The molecule has 0 aliphatic carbocycles. The quantitative estimate of drug-likeness (QED) is 0.357. The molecule has 0 amide bonds. The molecule has 3 rings (SSSR count). The molecule has 11 nitrogen and oxygen atoms in total. The van der Waals surface area contributed by atoms with Gasteiger partial charge in [0.2, 0.25) is 0 Å². The maximum atomic E-state index is 12.2. The monoisotopic (exact) mass is 466 g/mol. The smallest absolute Gasteiger partial charge is 0.134 e. The summed E-state index contributed by atoms with van der Waals surface area (Å²) < 4.78 is 19.6. The minimum Gasteiger partial charge on any atom is -0.360 e. The van der Waals surface area contributed by atoms with E-state index < -0.39 is 0 Å². The lowest BCUT2D eigenvalue weighted by Gasteiger charge is -2.30. The first-order valence-electron chi connectivity index (χ1n) is 11.3. The average molecular weight is 467 g/mol. The fourth-order valence-corrected chi connectivity index (χ4v) is 3.24. The minimum atomic E-state index is -0.368. The van der Waals surface area contributed by atoms with Gasteiger partial charge in [0.25, 0.3) is 0 Å². The van der Waals surface area contributed by atoms with Crippen LogP contribution >= 0.6 is 0 Å². The van der Waals surface area contributed by atoms with Crippen LogP contribution in [0.3, 0.4) is 0 Å². The first-order chi connectivity index (χ1) is 15.5. The lowest BCUT2D eigenvalue weighted by atomic mass is 10.1. The molecular formula is C21H39FN10O. The topological polar surface area (TPSA) is 97.8 Å². The van der Waals surface area contributed by atoms with Gasteiger partial charge in [0.1, 0.15) is 6.73 Å². The largest absolute Gasteiger partial charge is 0.360 e. The van der Waals surface area contributed by atoms with E-state index in [0.29, 0.717) is 39.4 Å². The summed E-state index contributed by atoms with van der Waals surface area (Å²) in [5.41, 5.74) is 15.5. The summed E-state index contributed by atoms with van der Waals surface area (Å²) in [5, 5.41) is 12.6.